The molecule has 23 heavy (non-hydrogen) atoms. The Morgan fingerprint density at radius 3 is 2.65 bits per heavy atom. The summed E-state index contributed by atoms with van der Waals surface area (Å²) >= 11 is 9.32. The van der Waals surface area contributed by atoms with E-state index in [1.807, 2.05) is 13.8 Å². The largest absolute Gasteiger partial charge is 0.465 e. The summed E-state index contributed by atoms with van der Waals surface area (Å²) in [6.07, 6.45) is 0. The van der Waals surface area contributed by atoms with Gasteiger partial charge >= 0.3 is 5.97 Å². The molecule has 0 aliphatic heterocycles. The number of amides is 1. The van der Waals surface area contributed by atoms with Crippen LogP contribution < -0.4 is 5.32 Å². The van der Waals surface area contributed by atoms with Crippen LogP contribution in [-0.4, -0.2) is 29.2 Å². The molecule has 0 unspecified atom stereocenters. The first-order valence-corrected chi connectivity index (χ1v) is 7.95. The van der Waals surface area contributed by atoms with Crippen molar-refractivity contribution in [2.75, 3.05) is 12.4 Å². The van der Waals surface area contributed by atoms with Gasteiger partial charge in [0.15, 0.2) is 5.69 Å². The number of nitrogens with zero attached hydrogens (tertiary/aromatic N) is 1. The highest BCUT2D eigenvalue weighted by Crippen LogP contribution is 2.27. The molecule has 2 aromatic rings. The van der Waals surface area contributed by atoms with Crippen LogP contribution in [0.2, 0.25) is 5.02 Å². The van der Waals surface area contributed by atoms with Gasteiger partial charge in [-0.15, -0.1) is 0 Å². The first-order valence-electron chi connectivity index (χ1n) is 6.78. The normalized spacial score (nSPS) is 10.7. The fraction of sp³-hybridized carbons (Fsp3) is 0.267. The van der Waals surface area contributed by atoms with Gasteiger partial charge in [0.05, 0.1) is 27.9 Å². The Hall–Kier alpha value is -1.86. The van der Waals surface area contributed by atoms with Crippen molar-refractivity contribution < 1.29 is 14.3 Å². The van der Waals surface area contributed by atoms with Crippen molar-refractivity contribution in [3.05, 3.63) is 44.6 Å². The molecule has 8 heteroatoms. The summed E-state index contributed by atoms with van der Waals surface area (Å²) in [5, 5.41) is 9.79. The summed E-state index contributed by atoms with van der Waals surface area (Å²) in [4.78, 5) is 24.0. The topological polar surface area (TPSA) is 84.1 Å². The lowest BCUT2D eigenvalue weighted by atomic mass is 10.1. The number of methoxy groups -OCH3 is 1. The molecule has 1 amide bonds. The Morgan fingerprint density at radius 2 is 2.09 bits per heavy atom. The number of rotatable bonds is 4. The van der Waals surface area contributed by atoms with E-state index >= 15 is 0 Å². The zero-order chi connectivity index (χ0) is 17.1. The predicted octanol–water partition coefficient (Wildman–Crippen LogP) is 3.99. The maximum atomic E-state index is 12.3. The Kier molecular flexibility index (Phi) is 5.43. The SMILES string of the molecule is COC(=O)c1cc(NC(=O)c2n[nH]c(C(C)C)c2Br)ccc1Cl. The average Bonchev–Trinajstić information content (AvgIpc) is 2.90. The first-order chi connectivity index (χ1) is 10.8. The molecule has 2 N–H and O–H groups in total. The second-order valence-corrected chi connectivity index (χ2v) is 6.30. The number of H-pyrrole nitrogens is 1. The van der Waals surface area contributed by atoms with E-state index in [2.05, 4.69) is 36.2 Å². The van der Waals surface area contributed by atoms with Crippen molar-refractivity contribution in [2.45, 2.75) is 19.8 Å². The number of benzene rings is 1. The zero-order valence-electron chi connectivity index (χ0n) is 12.7. The van der Waals surface area contributed by atoms with Crippen molar-refractivity contribution in [3.63, 3.8) is 0 Å². The van der Waals surface area contributed by atoms with Gasteiger partial charge in [0.1, 0.15) is 0 Å². The highest BCUT2D eigenvalue weighted by Gasteiger charge is 2.20. The van der Waals surface area contributed by atoms with Crippen molar-refractivity contribution in [3.8, 4) is 0 Å². The number of hydrogen-bond acceptors (Lipinski definition) is 4. The van der Waals surface area contributed by atoms with E-state index in [9.17, 15) is 9.59 Å². The van der Waals surface area contributed by atoms with Crippen molar-refractivity contribution >= 4 is 45.1 Å². The molecule has 0 spiro atoms. The molecule has 1 aromatic carbocycles. The predicted molar refractivity (Wildman–Crippen MR) is 91.1 cm³/mol. The molecule has 0 fully saturated rings. The van der Waals surface area contributed by atoms with Gasteiger partial charge < -0.3 is 10.1 Å². The number of carbonyl (C=O) groups is 2. The molecule has 0 saturated heterocycles. The maximum Gasteiger partial charge on any atom is 0.339 e. The molecule has 1 heterocycles. The Bertz CT molecular complexity index is 758. The number of carbonyl (C=O) groups excluding carboxylic acids is 2. The Labute approximate surface area is 146 Å². The van der Waals surface area contributed by atoms with E-state index in [4.69, 9.17) is 11.6 Å². The van der Waals surface area contributed by atoms with Crippen LogP contribution in [0, 0.1) is 0 Å². The number of anilines is 1. The maximum absolute atomic E-state index is 12.3. The molecular formula is C15H15BrClN3O3. The summed E-state index contributed by atoms with van der Waals surface area (Å²) in [5.41, 5.74) is 1.67. The average molecular weight is 401 g/mol. The van der Waals surface area contributed by atoms with Gasteiger partial charge in [-0.05, 0) is 40.0 Å². The number of halogens is 2. The van der Waals surface area contributed by atoms with Crippen molar-refractivity contribution in [2.24, 2.45) is 0 Å². The summed E-state index contributed by atoms with van der Waals surface area (Å²) in [5.74, 6) is -0.785. The molecule has 0 atom stereocenters. The highest BCUT2D eigenvalue weighted by atomic mass is 79.9. The second kappa shape index (κ2) is 7.14. The minimum Gasteiger partial charge on any atom is -0.465 e. The number of hydrogen-bond donors (Lipinski definition) is 2. The standard InChI is InChI=1S/C15H15BrClN3O3/c1-7(2)12-11(16)13(20-19-12)14(21)18-8-4-5-10(17)9(6-8)15(22)23-3/h4-7H,1-3H3,(H,18,21)(H,19,20). The van der Waals surface area contributed by atoms with E-state index in [-0.39, 0.29) is 22.2 Å². The van der Waals surface area contributed by atoms with Crippen molar-refractivity contribution in [1.29, 1.82) is 0 Å². The van der Waals surface area contributed by atoms with Gasteiger partial charge in [0.2, 0.25) is 0 Å². The van der Waals surface area contributed by atoms with Crippen LogP contribution in [0.15, 0.2) is 22.7 Å². The third-order valence-electron chi connectivity index (χ3n) is 3.15. The third kappa shape index (κ3) is 3.73. The molecule has 0 aliphatic rings. The van der Waals surface area contributed by atoms with Crippen LogP contribution in [0.1, 0.15) is 46.3 Å². The molecule has 1 aromatic heterocycles. The molecule has 0 radical (unpaired) electrons. The van der Waals surface area contributed by atoms with Gasteiger partial charge in [-0.2, -0.15) is 5.10 Å². The summed E-state index contributed by atoms with van der Waals surface area (Å²) < 4.78 is 5.27. The second-order valence-electron chi connectivity index (χ2n) is 5.09. The van der Waals surface area contributed by atoms with E-state index in [1.54, 1.807) is 6.07 Å². The third-order valence-corrected chi connectivity index (χ3v) is 4.29. The van der Waals surface area contributed by atoms with Crippen LogP contribution in [0.4, 0.5) is 5.69 Å². The molecule has 2 rings (SSSR count). The number of esters is 1. The lowest BCUT2D eigenvalue weighted by Crippen LogP contribution is -2.14. The Morgan fingerprint density at radius 1 is 1.39 bits per heavy atom. The van der Waals surface area contributed by atoms with Gasteiger partial charge in [0.25, 0.3) is 5.91 Å². The smallest absolute Gasteiger partial charge is 0.339 e. The molecule has 0 bridgehead atoms. The zero-order valence-corrected chi connectivity index (χ0v) is 15.1. The van der Waals surface area contributed by atoms with E-state index in [0.29, 0.717) is 10.2 Å². The fourth-order valence-corrected chi connectivity index (χ4v) is 2.94. The van der Waals surface area contributed by atoms with E-state index < -0.39 is 11.9 Å². The van der Waals surface area contributed by atoms with Crippen LogP contribution in [0.25, 0.3) is 0 Å². The lowest BCUT2D eigenvalue weighted by molar-refractivity contribution is 0.0600. The quantitative estimate of drug-likeness (QED) is 0.760. The monoisotopic (exact) mass is 399 g/mol. The van der Waals surface area contributed by atoms with Crippen LogP contribution in [0.3, 0.4) is 0 Å². The van der Waals surface area contributed by atoms with Gasteiger partial charge in [-0.3, -0.25) is 9.89 Å². The van der Waals surface area contributed by atoms with Gasteiger partial charge in [0, 0.05) is 5.69 Å². The minimum absolute atomic E-state index is 0.177. The molecule has 0 aliphatic carbocycles. The van der Waals surface area contributed by atoms with Crippen LogP contribution in [0.5, 0.6) is 0 Å². The van der Waals surface area contributed by atoms with Crippen LogP contribution >= 0.6 is 27.5 Å². The Balaban J connectivity index is 2.26. The number of nitrogens with one attached hydrogen (secondary N) is 2. The first kappa shape index (κ1) is 17.5. The molecular weight excluding hydrogens is 386 g/mol. The number of aromatic amines is 1. The van der Waals surface area contributed by atoms with Gasteiger partial charge in [-0.1, -0.05) is 25.4 Å². The van der Waals surface area contributed by atoms with Gasteiger partial charge in [-0.25, -0.2) is 4.79 Å². The summed E-state index contributed by atoms with van der Waals surface area (Å²) in [7, 11) is 1.26. The van der Waals surface area contributed by atoms with Crippen LogP contribution in [-0.2, 0) is 4.74 Å². The van der Waals surface area contributed by atoms with Crippen molar-refractivity contribution in [1.82, 2.24) is 10.2 Å². The fourth-order valence-electron chi connectivity index (χ4n) is 1.93. The highest BCUT2D eigenvalue weighted by molar-refractivity contribution is 9.10. The minimum atomic E-state index is -0.575. The molecule has 0 saturated carbocycles. The summed E-state index contributed by atoms with van der Waals surface area (Å²) in [6, 6.07) is 4.56. The summed E-state index contributed by atoms with van der Waals surface area (Å²) in [6.45, 7) is 3.98. The number of ether oxygens (including phenoxy) is 1. The van der Waals surface area contributed by atoms with E-state index in [1.165, 1.54) is 19.2 Å². The number of aromatic nitrogens is 2. The molecule has 6 nitrogen and oxygen atoms in total. The van der Waals surface area contributed by atoms with E-state index in [0.717, 1.165) is 5.69 Å². The molecule has 122 valence electrons. The lowest BCUT2D eigenvalue weighted by Gasteiger charge is -2.07.